The molecule has 0 aliphatic heterocycles. The van der Waals surface area contributed by atoms with E-state index in [1.807, 2.05) is 0 Å². The van der Waals surface area contributed by atoms with Crippen molar-refractivity contribution in [1.29, 1.82) is 0 Å². The van der Waals surface area contributed by atoms with Crippen molar-refractivity contribution in [2.24, 2.45) is 0 Å². The van der Waals surface area contributed by atoms with Gasteiger partial charge in [0.25, 0.3) is 0 Å². The molecule has 1 aliphatic carbocycles. The van der Waals surface area contributed by atoms with Crippen molar-refractivity contribution in [2.75, 3.05) is 0 Å². The fourth-order valence-corrected chi connectivity index (χ4v) is 4.36. The Hall–Kier alpha value is -2.42. The Morgan fingerprint density at radius 3 is 2.33 bits per heavy atom. The first-order valence-electron chi connectivity index (χ1n) is 9.71. The minimum absolute atomic E-state index is 0.124. The van der Waals surface area contributed by atoms with Gasteiger partial charge in [-0.2, -0.15) is 13.2 Å². The summed E-state index contributed by atoms with van der Waals surface area (Å²) in [5.41, 5.74) is 0.124. The van der Waals surface area contributed by atoms with E-state index in [-0.39, 0.29) is 18.2 Å². The summed E-state index contributed by atoms with van der Waals surface area (Å²) in [4.78, 5) is 26.5. The molecule has 162 valence electrons. The lowest BCUT2D eigenvalue weighted by Crippen LogP contribution is -2.50. The monoisotopic (exact) mass is 442 g/mol. The lowest BCUT2D eigenvalue weighted by molar-refractivity contribution is -0.189. The van der Waals surface area contributed by atoms with Crippen molar-refractivity contribution in [3.63, 3.8) is 0 Å². The Balaban J connectivity index is 1.97. The Morgan fingerprint density at radius 1 is 1.10 bits per heavy atom. The molecule has 1 atom stereocenters. The number of rotatable bonds is 6. The SMILES string of the molecule is O=C(NC1CCCCC1)[C@H](c1ccc(F)cc1)N(Cc1cccs1)C(=O)C(F)(F)F. The molecule has 0 unspecified atom stereocenters. The number of thiophene rings is 1. The van der Waals surface area contributed by atoms with Gasteiger partial charge in [0, 0.05) is 10.9 Å². The molecule has 30 heavy (non-hydrogen) atoms. The molecule has 0 bridgehead atoms. The number of amides is 2. The molecule has 1 aliphatic rings. The largest absolute Gasteiger partial charge is 0.471 e. The van der Waals surface area contributed by atoms with Crippen LogP contribution in [0, 0.1) is 5.82 Å². The van der Waals surface area contributed by atoms with Gasteiger partial charge in [-0.05, 0) is 42.0 Å². The minimum Gasteiger partial charge on any atom is -0.351 e. The van der Waals surface area contributed by atoms with Gasteiger partial charge in [-0.15, -0.1) is 11.3 Å². The second-order valence-corrected chi connectivity index (χ2v) is 8.34. The predicted octanol–water partition coefficient (Wildman–Crippen LogP) is 4.97. The number of benzene rings is 1. The van der Waals surface area contributed by atoms with Crippen LogP contribution in [0.3, 0.4) is 0 Å². The van der Waals surface area contributed by atoms with Gasteiger partial charge in [-0.1, -0.05) is 37.5 Å². The summed E-state index contributed by atoms with van der Waals surface area (Å²) < 4.78 is 53.7. The van der Waals surface area contributed by atoms with Crippen LogP contribution >= 0.6 is 11.3 Å². The Kier molecular flexibility index (Phi) is 7.12. The third kappa shape index (κ3) is 5.59. The summed E-state index contributed by atoms with van der Waals surface area (Å²) in [6.45, 7) is -0.379. The molecule has 2 aromatic rings. The fourth-order valence-electron chi connectivity index (χ4n) is 3.66. The molecule has 1 fully saturated rings. The van der Waals surface area contributed by atoms with E-state index >= 15 is 0 Å². The number of nitrogens with one attached hydrogen (secondary N) is 1. The molecule has 0 saturated heterocycles. The zero-order valence-corrected chi connectivity index (χ0v) is 16.9. The first-order valence-corrected chi connectivity index (χ1v) is 10.6. The quantitative estimate of drug-likeness (QED) is 0.643. The van der Waals surface area contributed by atoms with Crippen LogP contribution in [-0.4, -0.2) is 28.9 Å². The van der Waals surface area contributed by atoms with E-state index in [9.17, 15) is 27.2 Å². The summed E-state index contributed by atoms with van der Waals surface area (Å²) in [6, 6.07) is 6.20. The van der Waals surface area contributed by atoms with Crippen LogP contribution in [0.15, 0.2) is 41.8 Å². The van der Waals surface area contributed by atoms with Gasteiger partial charge in [-0.3, -0.25) is 9.59 Å². The summed E-state index contributed by atoms with van der Waals surface area (Å²) in [7, 11) is 0. The normalized spacial score (nSPS) is 16.1. The van der Waals surface area contributed by atoms with E-state index in [0.717, 1.165) is 44.2 Å². The highest BCUT2D eigenvalue weighted by molar-refractivity contribution is 7.09. The van der Waals surface area contributed by atoms with Crippen molar-refractivity contribution < 1.29 is 27.2 Å². The zero-order chi connectivity index (χ0) is 21.7. The molecule has 1 saturated carbocycles. The van der Waals surface area contributed by atoms with Gasteiger partial charge in [-0.25, -0.2) is 4.39 Å². The Bertz CT molecular complexity index is 847. The Labute approximate surface area is 175 Å². The van der Waals surface area contributed by atoms with Crippen molar-refractivity contribution in [3.05, 3.63) is 58.0 Å². The fraction of sp³-hybridized carbons (Fsp3) is 0.429. The molecule has 1 N–H and O–H groups in total. The average molecular weight is 442 g/mol. The molecule has 1 aromatic heterocycles. The second-order valence-electron chi connectivity index (χ2n) is 7.31. The summed E-state index contributed by atoms with van der Waals surface area (Å²) in [6.07, 6.45) is -0.787. The van der Waals surface area contributed by atoms with E-state index in [4.69, 9.17) is 0 Å². The van der Waals surface area contributed by atoms with Crippen molar-refractivity contribution in [1.82, 2.24) is 10.2 Å². The van der Waals surface area contributed by atoms with Crippen LogP contribution in [0.1, 0.15) is 48.6 Å². The van der Waals surface area contributed by atoms with Gasteiger partial charge < -0.3 is 10.2 Å². The molecule has 0 radical (unpaired) electrons. The minimum atomic E-state index is -5.15. The second kappa shape index (κ2) is 9.59. The van der Waals surface area contributed by atoms with E-state index < -0.39 is 29.8 Å². The van der Waals surface area contributed by atoms with E-state index in [2.05, 4.69) is 5.32 Å². The maximum Gasteiger partial charge on any atom is 0.471 e. The highest BCUT2D eigenvalue weighted by atomic mass is 32.1. The van der Waals surface area contributed by atoms with E-state index in [1.165, 1.54) is 23.5 Å². The topological polar surface area (TPSA) is 49.4 Å². The lowest BCUT2D eigenvalue weighted by Gasteiger charge is -2.33. The van der Waals surface area contributed by atoms with Gasteiger partial charge >= 0.3 is 12.1 Å². The number of alkyl halides is 3. The van der Waals surface area contributed by atoms with Gasteiger partial charge in [0.15, 0.2) is 0 Å². The molecular weight excluding hydrogens is 420 g/mol. The molecule has 1 aromatic carbocycles. The molecule has 0 spiro atoms. The summed E-state index contributed by atoms with van der Waals surface area (Å²) in [5.74, 6) is -3.39. The van der Waals surface area contributed by atoms with Crippen LogP contribution < -0.4 is 5.32 Å². The number of carbonyl (C=O) groups excluding carboxylic acids is 2. The highest BCUT2D eigenvalue weighted by Gasteiger charge is 2.47. The molecule has 2 amide bonds. The zero-order valence-electron chi connectivity index (χ0n) is 16.1. The third-order valence-corrected chi connectivity index (χ3v) is 5.97. The van der Waals surface area contributed by atoms with Crippen LogP contribution in [0.25, 0.3) is 0 Å². The van der Waals surface area contributed by atoms with E-state index in [1.54, 1.807) is 17.5 Å². The van der Waals surface area contributed by atoms with Crippen LogP contribution in [0.5, 0.6) is 0 Å². The van der Waals surface area contributed by atoms with Crippen LogP contribution in [-0.2, 0) is 16.1 Å². The van der Waals surface area contributed by atoms with Crippen LogP contribution in [0.2, 0.25) is 0 Å². The molecule has 3 rings (SSSR count). The molecule has 9 heteroatoms. The molecule has 1 heterocycles. The first kappa shape index (κ1) is 22.3. The van der Waals surface area contributed by atoms with Crippen molar-refractivity contribution >= 4 is 23.2 Å². The number of halogens is 4. The average Bonchev–Trinajstić information content (AvgIpc) is 3.21. The first-order chi connectivity index (χ1) is 14.3. The standard InChI is InChI=1S/C21H22F4N2O2S/c22-15-10-8-14(9-11-15)18(19(28)26-16-5-2-1-3-6-16)27(20(29)21(23,24)25)13-17-7-4-12-30-17/h4,7-12,16,18H,1-3,5-6,13H2,(H,26,28)/t18-/m0/s1. The number of hydrogen-bond acceptors (Lipinski definition) is 3. The predicted molar refractivity (Wildman–Crippen MR) is 105 cm³/mol. The highest BCUT2D eigenvalue weighted by Crippen LogP contribution is 2.31. The molecular formula is C21H22F4N2O2S. The Morgan fingerprint density at radius 2 is 1.77 bits per heavy atom. The van der Waals surface area contributed by atoms with Gasteiger partial charge in [0.05, 0.1) is 6.54 Å². The number of hydrogen-bond donors (Lipinski definition) is 1. The third-order valence-electron chi connectivity index (χ3n) is 5.11. The number of carbonyl (C=O) groups is 2. The van der Waals surface area contributed by atoms with Crippen molar-refractivity contribution in [2.45, 2.75) is 56.9 Å². The smallest absolute Gasteiger partial charge is 0.351 e. The summed E-state index contributed by atoms with van der Waals surface area (Å²) >= 11 is 1.19. The van der Waals surface area contributed by atoms with Gasteiger partial charge in [0.2, 0.25) is 5.91 Å². The lowest BCUT2D eigenvalue weighted by atomic mass is 9.94. The maximum absolute atomic E-state index is 13.4. The van der Waals surface area contributed by atoms with E-state index in [0.29, 0.717) is 9.78 Å². The van der Waals surface area contributed by atoms with Crippen LogP contribution in [0.4, 0.5) is 17.6 Å². The number of nitrogens with zero attached hydrogens (tertiary/aromatic N) is 1. The van der Waals surface area contributed by atoms with Crippen molar-refractivity contribution in [3.8, 4) is 0 Å². The van der Waals surface area contributed by atoms with Gasteiger partial charge in [0.1, 0.15) is 11.9 Å². The summed E-state index contributed by atoms with van der Waals surface area (Å²) in [5, 5.41) is 4.49. The molecule has 4 nitrogen and oxygen atoms in total. The maximum atomic E-state index is 13.4.